The Kier molecular flexibility index (Phi) is 3.72. The summed E-state index contributed by atoms with van der Waals surface area (Å²) in [7, 11) is 0. The third kappa shape index (κ3) is 3.29. The number of amides is 1. The number of carbonyl (C=O) groups is 2. The van der Waals surface area contributed by atoms with Crippen LogP contribution in [0.3, 0.4) is 0 Å². The fraction of sp³-hybridized carbons (Fsp3) is 0.333. The van der Waals surface area contributed by atoms with Crippen LogP contribution in [0.2, 0.25) is 0 Å². The van der Waals surface area contributed by atoms with E-state index in [0.717, 1.165) is 5.69 Å². The normalized spacial score (nSPS) is 19.5. The predicted octanol–water partition coefficient (Wildman–Crippen LogP) is 0.530. The molecule has 1 aliphatic heterocycles. The number of morpholine rings is 1. The van der Waals surface area contributed by atoms with Gasteiger partial charge in [0, 0.05) is 12.2 Å². The Morgan fingerprint density at radius 2 is 2.18 bits per heavy atom. The molecule has 17 heavy (non-hydrogen) atoms. The molecule has 0 unspecified atom stereocenters. The molecule has 2 rings (SSSR count). The Labute approximate surface area is 99.2 Å². The number of ether oxygens (including phenoxy) is 1. The maximum atomic E-state index is 11.7. The second-order valence-electron chi connectivity index (χ2n) is 3.79. The summed E-state index contributed by atoms with van der Waals surface area (Å²) >= 11 is 0. The molecule has 1 aromatic rings. The SMILES string of the molecule is O=C(C[C@@H]1NCCOC1=O)Nc1ccccc1. The van der Waals surface area contributed by atoms with Gasteiger partial charge in [0.25, 0.3) is 0 Å². The molecule has 5 heteroatoms. The molecule has 1 atom stereocenters. The summed E-state index contributed by atoms with van der Waals surface area (Å²) < 4.78 is 4.86. The molecular weight excluding hydrogens is 220 g/mol. The van der Waals surface area contributed by atoms with Gasteiger partial charge in [-0.1, -0.05) is 18.2 Å². The topological polar surface area (TPSA) is 67.4 Å². The lowest BCUT2D eigenvalue weighted by Crippen LogP contribution is -2.47. The summed E-state index contributed by atoms with van der Waals surface area (Å²) in [6, 6.07) is 8.60. The number of hydrogen-bond donors (Lipinski definition) is 2. The number of rotatable bonds is 3. The lowest BCUT2D eigenvalue weighted by atomic mass is 10.1. The summed E-state index contributed by atoms with van der Waals surface area (Å²) in [5.41, 5.74) is 0.724. The van der Waals surface area contributed by atoms with Crippen molar-refractivity contribution in [2.45, 2.75) is 12.5 Å². The summed E-state index contributed by atoms with van der Waals surface area (Å²) in [5.74, 6) is -0.563. The van der Waals surface area contributed by atoms with Crippen LogP contribution in [0, 0.1) is 0 Å². The van der Waals surface area contributed by atoms with Crippen molar-refractivity contribution in [1.82, 2.24) is 5.32 Å². The standard InChI is InChI=1S/C12H14N2O3/c15-11(14-9-4-2-1-3-5-9)8-10-12(16)17-7-6-13-10/h1-5,10,13H,6-8H2,(H,14,15)/t10-/m0/s1. The number of hydrogen-bond acceptors (Lipinski definition) is 4. The minimum Gasteiger partial charge on any atom is -0.463 e. The summed E-state index contributed by atoms with van der Waals surface area (Å²) in [6.07, 6.45) is 0.0910. The molecule has 1 amide bonds. The second kappa shape index (κ2) is 5.45. The van der Waals surface area contributed by atoms with E-state index in [2.05, 4.69) is 10.6 Å². The van der Waals surface area contributed by atoms with Gasteiger partial charge < -0.3 is 15.4 Å². The van der Waals surface area contributed by atoms with Crippen molar-refractivity contribution in [3.8, 4) is 0 Å². The molecule has 2 N–H and O–H groups in total. The average molecular weight is 234 g/mol. The molecular formula is C12H14N2O3. The number of anilines is 1. The van der Waals surface area contributed by atoms with Crippen LogP contribution in [0.5, 0.6) is 0 Å². The van der Waals surface area contributed by atoms with Gasteiger partial charge in [-0.3, -0.25) is 9.59 Å². The van der Waals surface area contributed by atoms with E-state index in [1.807, 2.05) is 18.2 Å². The third-order valence-corrected chi connectivity index (χ3v) is 2.47. The van der Waals surface area contributed by atoms with Crippen LogP contribution in [0.15, 0.2) is 30.3 Å². The summed E-state index contributed by atoms with van der Waals surface area (Å²) in [4.78, 5) is 23.0. The first-order valence-corrected chi connectivity index (χ1v) is 5.50. The Morgan fingerprint density at radius 1 is 1.41 bits per heavy atom. The smallest absolute Gasteiger partial charge is 0.323 e. The largest absolute Gasteiger partial charge is 0.463 e. The molecule has 1 saturated heterocycles. The minimum absolute atomic E-state index is 0.0910. The number of cyclic esters (lactones) is 1. The van der Waals surface area contributed by atoms with Crippen molar-refractivity contribution >= 4 is 17.6 Å². The highest BCUT2D eigenvalue weighted by molar-refractivity contribution is 5.94. The lowest BCUT2D eigenvalue weighted by molar-refractivity contribution is -0.150. The first kappa shape index (κ1) is 11.6. The Hall–Kier alpha value is -1.88. The molecule has 0 spiro atoms. The fourth-order valence-electron chi connectivity index (χ4n) is 1.64. The van der Waals surface area contributed by atoms with E-state index in [1.54, 1.807) is 12.1 Å². The average Bonchev–Trinajstić information content (AvgIpc) is 2.33. The zero-order valence-corrected chi connectivity index (χ0v) is 9.31. The molecule has 0 aliphatic carbocycles. The van der Waals surface area contributed by atoms with E-state index < -0.39 is 6.04 Å². The highest BCUT2D eigenvalue weighted by Crippen LogP contribution is 2.07. The van der Waals surface area contributed by atoms with E-state index in [1.165, 1.54) is 0 Å². The van der Waals surface area contributed by atoms with Gasteiger partial charge in [0.05, 0.1) is 6.42 Å². The summed E-state index contributed by atoms with van der Waals surface area (Å²) in [5, 5.41) is 5.67. The van der Waals surface area contributed by atoms with Crippen molar-refractivity contribution in [2.75, 3.05) is 18.5 Å². The van der Waals surface area contributed by atoms with Gasteiger partial charge in [-0.05, 0) is 12.1 Å². The van der Waals surface area contributed by atoms with E-state index in [-0.39, 0.29) is 18.3 Å². The highest BCUT2D eigenvalue weighted by Gasteiger charge is 2.25. The molecule has 0 bridgehead atoms. The molecule has 1 fully saturated rings. The van der Waals surface area contributed by atoms with Gasteiger partial charge in [-0.2, -0.15) is 0 Å². The fourth-order valence-corrected chi connectivity index (χ4v) is 1.64. The van der Waals surface area contributed by atoms with Crippen LogP contribution in [0.4, 0.5) is 5.69 Å². The molecule has 1 aliphatic rings. The zero-order valence-electron chi connectivity index (χ0n) is 9.31. The maximum absolute atomic E-state index is 11.7. The number of carbonyl (C=O) groups excluding carboxylic acids is 2. The molecule has 1 aromatic carbocycles. The Morgan fingerprint density at radius 3 is 2.88 bits per heavy atom. The third-order valence-electron chi connectivity index (χ3n) is 2.47. The van der Waals surface area contributed by atoms with Crippen LogP contribution < -0.4 is 10.6 Å². The van der Waals surface area contributed by atoms with Crippen molar-refractivity contribution < 1.29 is 14.3 Å². The minimum atomic E-state index is -0.535. The van der Waals surface area contributed by atoms with Crippen molar-refractivity contribution in [1.29, 1.82) is 0 Å². The van der Waals surface area contributed by atoms with E-state index in [0.29, 0.717) is 13.2 Å². The summed E-state index contributed by atoms with van der Waals surface area (Å²) in [6.45, 7) is 0.963. The predicted molar refractivity (Wildman–Crippen MR) is 62.4 cm³/mol. The van der Waals surface area contributed by atoms with Gasteiger partial charge in [0.1, 0.15) is 12.6 Å². The van der Waals surface area contributed by atoms with Gasteiger partial charge in [0.15, 0.2) is 0 Å². The number of esters is 1. The molecule has 0 aromatic heterocycles. The van der Waals surface area contributed by atoms with E-state index >= 15 is 0 Å². The van der Waals surface area contributed by atoms with Crippen molar-refractivity contribution in [3.63, 3.8) is 0 Å². The first-order valence-electron chi connectivity index (χ1n) is 5.50. The second-order valence-corrected chi connectivity index (χ2v) is 3.79. The van der Waals surface area contributed by atoms with Crippen LogP contribution >= 0.6 is 0 Å². The van der Waals surface area contributed by atoms with Crippen molar-refractivity contribution in [2.24, 2.45) is 0 Å². The quantitative estimate of drug-likeness (QED) is 0.749. The van der Waals surface area contributed by atoms with Crippen molar-refractivity contribution in [3.05, 3.63) is 30.3 Å². The number of benzene rings is 1. The van der Waals surface area contributed by atoms with Gasteiger partial charge in [-0.25, -0.2) is 0 Å². The highest BCUT2D eigenvalue weighted by atomic mass is 16.5. The van der Waals surface area contributed by atoms with Crippen LogP contribution in [0.1, 0.15) is 6.42 Å². The van der Waals surface area contributed by atoms with E-state index in [4.69, 9.17) is 4.74 Å². The first-order chi connectivity index (χ1) is 8.25. The Bertz CT molecular complexity index is 405. The lowest BCUT2D eigenvalue weighted by Gasteiger charge is -2.21. The van der Waals surface area contributed by atoms with Gasteiger partial charge >= 0.3 is 5.97 Å². The van der Waals surface area contributed by atoms with E-state index in [9.17, 15) is 9.59 Å². The molecule has 1 heterocycles. The zero-order chi connectivity index (χ0) is 12.1. The van der Waals surface area contributed by atoms with Crippen LogP contribution in [-0.4, -0.2) is 31.1 Å². The maximum Gasteiger partial charge on any atom is 0.323 e. The monoisotopic (exact) mass is 234 g/mol. The van der Waals surface area contributed by atoms with Gasteiger partial charge in [-0.15, -0.1) is 0 Å². The molecule has 90 valence electrons. The van der Waals surface area contributed by atoms with Gasteiger partial charge in [0.2, 0.25) is 5.91 Å². The van der Waals surface area contributed by atoms with Crippen LogP contribution in [-0.2, 0) is 14.3 Å². The molecule has 0 saturated carbocycles. The molecule has 0 radical (unpaired) electrons. The van der Waals surface area contributed by atoms with Crippen LogP contribution in [0.25, 0.3) is 0 Å². The number of nitrogens with one attached hydrogen (secondary N) is 2. The number of para-hydroxylation sites is 1. The molecule has 5 nitrogen and oxygen atoms in total. The Balaban J connectivity index is 1.87.